The molecule has 130 valence electrons. The molecular formula is C17H26FNO4. The van der Waals surface area contributed by atoms with Crippen molar-refractivity contribution in [1.82, 2.24) is 4.90 Å². The standard InChI is InChI=1S/C17H26FNO4/c1-17(2,3)23-16(22)19-12-7-6-10(14(19)15(20)21)13(18)11(12)8-9-4-5-9/h9-14H,4-8H2,1-3H3,(H,20,21)/t10-,11+,12+,13-,14+/m1/s1. The average molecular weight is 327 g/mol. The first-order valence-corrected chi connectivity index (χ1v) is 8.57. The van der Waals surface area contributed by atoms with E-state index < -0.39 is 35.8 Å². The normalized spacial score (nSPS) is 36.9. The molecule has 0 radical (unpaired) electrons. The van der Waals surface area contributed by atoms with Crippen LogP contribution in [0.15, 0.2) is 0 Å². The quantitative estimate of drug-likeness (QED) is 0.864. The largest absolute Gasteiger partial charge is 0.480 e. The van der Waals surface area contributed by atoms with Crippen molar-refractivity contribution in [2.45, 2.75) is 76.7 Å². The van der Waals surface area contributed by atoms with E-state index in [1.165, 1.54) is 4.90 Å². The lowest BCUT2D eigenvalue weighted by atomic mass is 9.66. The van der Waals surface area contributed by atoms with Gasteiger partial charge in [-0.05, 0) is 46.0 Å². The van der Waals surface area contributed by atoms with Crippen LogP contribution in [0.25, 0.3) is 0 Å². The molecule has 5 atom stereocenters. The minimum Gasteiger partial charge on any atom is -0.480 e. The molecular weight excluding hydrogens is 301 g/mol. The Bertz CT molecular complexity index is 499. The zero-order chi connectivity index (χ0) is 16.9. The number of amides is 1. The Labute approximate surface area is 136 Å². The average Bonchev–Trinajstić information content (AvgIpc) is 3.23. The third kappa shape index (κ3) is 3.17. The minimum atomic E-state index is -1.13. The number of carbonyl (C=O) groups is 2. The molecule has 2 aliphatic carbocycles. The van der Waals surface area contributed by atoms with Crippen LogP contribution >= 0.6 is 0 Å². The van der Waals surface area contributed by atoms with Crippen molar-refractivity contribution < 1.29 is 23.8 Å². The fourth-order valence-corrected chi connectivity index (χ4v) is 4.25. The van der Waals surface area contributed by atoms with Crippen molar-refractivity contribution in [2.24, 2.45) is 17.8 Å². The number of fused-ring (bicyclic) bond motifs is 3. The molecule has 2 saturated carbocycles. The van der Waals surface area contributed by atoms with Crippen LogP contribution in [0.5, 0.6) is 0 Å². The maximum atomic E-state index is 14.9. The van der Waals surface area contributed by atoms with Gasteiger partial charge in [0.05, 0.1) is 0 Å². The number of hydrogen-bond acceptors (Lipinski definition) is 3. The number of ether oxygens (including phenoxy) is 1. The zero-order valence-electron chi connectivity index (χ0n) is 14.0. The first-order valence-electron chi connectivity index (χ1n) is 8.57. The summed E-state index contributed by atoms with van der Waals surface area (Å²) in [5.41, 5.74) is -0.696. The van der Waals surface area contributed by atoms with E-state index in [1.807, 2.05) is 0 Å². The summed E-state index contributed by atoms with van der Waals surface area (Å²) in [5, 5.41) is 9.56. The van der Waals surface area contributed by atoms with Crippen molar-refractivity contribution >= 4 is 12.1 Å². The van der Waals surface area contributed by atoms with Gasteiger partial charge in [-0.3, -0.25) is 4.90 Å². The molecule has 4 fully saturated rings. The Morgan fingerprint density at radius 2 is 1.87 bits per heavy atom. The Balaban J connectivity index is 1.86. The summed E-state index contributed by atoms with van der Waals surface area (Å²) in [6, 6.07) is -1.46. The number of rotatable bonds is 3. The lowest BCUT2D eigenvalue weighted by molar-refractivity contribution is -0.163. The van der Waals surface area contributed by atoms with Crippen LogP contribution in [0.2, 0.25) is 0 Å². The van der Waals surface area contributed by atoms with Crippen molar-refractivity contribution in [1.29, 1.82) is 0 Å². The molecule has 23 heavy (non-hydrogen) atoms. The summed E-state index contributed by atoms with van der Waals surface area (Å²) >= 11 is 0. The number of carbonyl (C=O) groups excluding carboxylic acids is 1. The van der Waals surface area contributed by atoms with E-state index in [1.54, 1.807) is 20.8 Å². The fraction of sp³-hybridized carbons (Fsp3) is 0.882. The Morgan fingerprint density at radius 3 is 2.39 bits per heavy atom. The van der Waals surface area contributed by atoms with E-state index in [2.05, 4.69) is 0 Å². The molecule has 1 N–H and O–H groups in total. The van der Waals surface area contributed by atoms with Crippen LogP contribution in [0.3, 0.4) is 0 Å². The molecule has 5 nitrogen and oxygen atoms in total. The maximum absolute atomic E-state index is 14.9. The van der Waals surface area contributed by atoms with Gasteiger partial charge in [0.25, 0.3) is 0 Å². The molecule has 4 aliphatic rings. The Hall–Kier alpha value is -1.33. The van der Waals surface area contributed by atoms with E-state index in [4.69, 9.17) is 4.74 Å². The first kappa shape index (κ1) is 16.5. The summed E-state index contributed by atoms with van der Waals surface area (Å²) in [7, 11) is 0. The third-order valence-electron chi connectivity index (χ3n) is 5.33. The monoisotopic (exact) mass is 327 g/mol. The van der Waals surface area contributed by atoms with Gasteiger partial charge in [-0.2, -0.15) is 0 Å². The number of alkyl halides is 1. The highest BCUT2D eigenvalue weighted by molar-refractivity contribution is 5.81. The highest BCUT2D eigenvalue weighted by Crippen LogP contribution is 2.50. The second kappa shape index (κ2) is 5.64. The summed E-state index contributed by atoms with van der Waals surface area (Å²) in [4.78, 5) is 25.6. The van der Waals surface area contributed by atoms with Crippen LogP contribution in [-0.2, 0) is 9.53 Å². The van der Waals surface area contributed by atoms with Crippen LogP contribution < -0.4 is 0 Å². The highest BCUT2D eigenvalue weighted by atomic mass is 19.1. The molecule has 4 rings (SSSR count). The topological polar surface area (TPSA) is 66.8 Å². The van der Waals surface area contributed by atoms with Gasteiger partial charge in [0, 0.05) is 17.9 Å². The number of piperidine rings is 2. The lowest BCUT2D eigenvalue weighted by Crippen LogP contribution is -2.68. The maximum Gasteiger partial charge on any atom is 0.411 e. The first-order chi connectivity index (χ1) is 10.7. The van der Waals surface area contributed by atoms with Gasteiger partial charge < -0.3 is 9.84 Å². The second-order valence-corrected chi connectivity index (χ2v) is 8.27. The third-order valence-corrected chi connectivity index (χ3v) is 5.33. The van der Waals surface area contributed by atoms with Crippen molar-refractivity contribution in [3.63, 3.8) is 0 Å². The molecule has 2 aliphatic heterocycles. The molecule has 0 aromatic rings. The van der Waals surface area contributed by atoms with Crippen molar-refractivity contribution in [2.75, 3.05) is 0 Å². The Kier molecular flexibility index (Phi) is 4.05. The van der Waals surface area contributed by atoms with Crippen molar-refractivity contribution in [3.8, 4) is 0 Å². The molecule has 1 amide bonds. The van der Waals surface area contributed by atoms with Gasteiger partial charge in [0.1, 0.15) is 17.8 Å². The van der Waals surface area contributed by atoms with E-state index in [9.17, 15) is 19.1 Å². The molecule has 0 aromatic carbocycles. The van der Waals surface area contributed by atoms with Crippen LogP contribution in [0.4, 0.5) is 9.18 Å². The van der Waals surface area contributed by atoms with E-state index in [-0.39, 0.29) is 12.0 Å². The number of aliphatic carboxylic acids is 1. The molecule has 2 heterocycles. The molecule has 0 aromatic heterocycles. The number of halogens is 1. The number of nitrogens with zero attached hydrogens (tertiary/aromatic N) is 1. The molecule has 2 saturated heterocycles. The molecule has 0 spiro atoms. The number of hydrogen-bond donors (Lipinski definition) is 1. The predicted molar refractivity (Wildman–Crippen MR) is 81.7 cm³/mol. The van der Waals surface area contributed by atoms with Gasteiger partial charge >= 0.3 is 12.1 Å². The minimum absolute atomic E-state index is 0.246. The summed E-state index contributed by atoms with van der Waals surface area (Å²) < 4.78 is 20.3. The SMILES string of the molecule is CC(C)(C)OC(=O)N1[C@H](C(=O)O)[C@@H]2CC[C@H]1[C@H](CC1CC1)[C@@H]2F. The summed E-state index contributed by atoms with van der Waals surface area (Å²) in [6.45, 7) is 5.26. The van der Waals surface area contributed by atoms with Crippen LogP contribution in [0.1, 0.15) is 52.9 Å². The van der Waals surface area contributed by atoms with Gasteiger partial charge in [0.2, 0.25) is 0 Å². The van der Waals surface area contributed by atoms with Crippen molar-refractivity contribution in [3.05, 3.63) is 0 Å². The Morgan fingerprint density at radius 1 is 1.22 bits per heavy atom. The fourth-order valence-electron chi connectivity index (χ4n) is 4.25. The predicted octanol–water partition coefficient (Wildman–Crippen LogP) is 3.22. The van der Waals surface area contributed by atoms with E-state index >= 15 is 0 Å². The van der Waals surface area contributed by atoms with Gasteiger partial charge in [-0.1, -0.05) is 12.8 Å². The second-order valence-electron chi connectivity index (χ2n) is 8.27. The highest BCUT2D eigenvalue weighted by Gasteiger charge is 2.58. The van der Waals surface area contributed by atoms with Gasteiger partial charge in [-0.15, -0.1) is 0 Å². The number of carboxylic acids is 1. The van der Waals surface area contributed by atoms with Gasteiger partial charge in [-0.25, -0.2) is 14.0 Å². The summed E-state index contributed by atoms with van der Waals surface area (Å²) in [5.74, 6) is -1.45. The smallest absolute Gasteiger partial charge is 0.411 e. The zero-order valence-corrected chi connectivity index (χ0v) is 14.0. The molecule has 0 unspecified atom stereocenters. The van der Waals surface area contributed by atoms with Crippen LogP contribution in [0, 0.1) is 17.8 Å². The molecule has 2 bridgehead atoms. The lowest BCUT2D eigenvalue weighted by Gasteiger charge is -2.54. The summed E-state index contributed by atoms with van der Waals surface area (Å²) in [6.07, 6.45) is 2.45. The van der Waals surface area contributed by atoms with E-state index in [0.717, 1.165) is 19.3 Å². The number of carboxylic acid groups (broad SMARTS) is 1. The van der Waals surface area contributed by atoms with Crippen LogP contribution in [-0.4, -0.2) is 45.9 Å². The van der Waals surface area contributed by atoms with E-state index in [0.29, 0.717) is 18.8 Å². The molecule has 6 heteroatoms. The van der Waals surface area contributed by atoms with Gasteiger partial charge in [0.15, 0.2) is 0 Å².